The zero-order valence-electron chi connectivity index (χ0n) is 11.8. The highest BCUT2D eigenvalue weighted by molar-refractivity contribution is 9.10. The lowest BCUT2D eigenvalue weighted by Gasteiger charge is -2.21. The average Bonchev–Trinajstić information content (AvgIpc) is 2.46. The topological polar surface area (TPSA) is 55.8 Å². The quantitative estimate of drug-likeness (QED) is 0.744. The summed E-state index contributed by atoms with van der Waals surface area (Å²) in [6.07, 6.45) is 0.176. The molecule has 20 heavy (non-hydrogen) atoms. The van der Waals surface area contributed by atoms with E-state index < -0.39 is 0 Å². The van der Waals surface area contributed by atoms with Crippen LogP contribution in [0.15, 0.2) is 22.7 Å². The van der Waals surface area contributed by atoms with Crippen LogP contribution < -0.4 is 4.74 Å². The number of esters is 1. The van der Waals surface area contributed by atoms with E-state index in [4.69, 9.17) is 4.74 Å². The average molecular weight is 344 g/mol. The summed E-state index contributed by atoms with van der Waals surface area (Å²) in [5.74, 6) is 0.000618. The van der Waals surface area contributed by atoms with E-state index in [1.165, 1.54) is 14.2 Å². The van der Waals surface area contributed by atoms with Crippen LogP contribution in [0.3, 0.4) is 0 Å². The van der Waals surface area contributed by atoms with Crippen molar-refractivity contribution in [1.82, 2.24) is 4.90 Å². The monoisotopic (exact) mass is 343 g/mol. The van der Waals surface area contributed by atoms with E-state index in [9.17, 15) is 9.59 Å². The lowest BCUT2D eigenvalue weighted by Crippen LogP contribution is -2.33. The summed E-state index contributed by atoms with van der Waals surface area (Å²) in [4.78, 5) is 25.2. The molecule has 0 saturated heterocycles. The van der Waals surface area contributed by atoms with E-state index in [2.05, 4.69) is 20.7 Å². The minimum atomic E-state index is -0.334. The van der Waals surface area contributed by atoms with Crippen LogP contribution in [-0.2, 0) is 9.53 Å². The number of ether oxygens (including phenoxy) is 2. The molecular weight excluding hydrogens is 326 g/mol. The van der Waals surface area contributed by atoms with Gasteiger partial charge in [0, 0.05) is 17.6 Å². The maximum atomic E-state index is 12.4. The minimum absolute atomic E-state index is 0.166. The Morgan fingerprint density at radius 1 is 1.30 bits per heavy atom. The highest BCUT2D eigenvalue weighted by atomic mass is 79.9. The molecule has 0 N–H and O–H groups in total. The number of hydrogen-bond donors (Lipinski definition) is 0. The molecule has 0 atom stereocenters. The predicted molar refractivity (Wildman–Crippen MR) is 78.9 cm³/mol. The minimum Gasteiger partial charge on any atom is -0.496 e. The zero-order valence-corrected chi connectivity index (χ0v) is 13.4. The first-order chi connectivity index (χ1) is 9.53. The van der Waals surface area contributed by atoms with E-state index in [-0.39, 0.29) is 18.3 Å². The van der Waals surface area contributed by atoms with Crippen molar-refractivity contribution in [2.24, 2.45) is 0 Å². The molecule has 0 saturated carbocycles. The molecule has 5 nitrogen and oxygen atoms in total. The normalized spacial score (nSPS) is 10.0. The van der Waals surface area contributed by atoms with E-state index in [1.54, 1.807) is 23.1 Å². The predicted octanol–water partition coefficient (Wildman–Crippen LogP) is 2.48. The summed E-state index contributed by atoms with van der Waals surface area (Å²) < 4.78 is 10.6. The van der Waals surface area contributed by atoms with Crippen molar-refractivity contribution in [3.05, 3.63) is 28.2 Å². The second kappa shape index (κ2) is 7.89. The first-order valence-corrected chi connectivity index (χ1v) is 7.02. The second-order valence-corrected chi connectivity index (χ2v) is 4.97. The SMILES string of the molecule is CCN(CCC(=O)OC)C(=O)c1ccc(Br)cc1OC. The van der Waals surface area contributed by atoms with Crippen molar-refractivity contribution in [1.29, 1.82) is 0 Å². The van der Waals surface area contributed by atoms with Crippen molar-refractivity contribution in [3.63, 3.8) is 0 Å². The third-order valence-corrected chi connectivity index (χ3v) is 3.37. The molecule has 6 heteroatoms. The molecule has 0 spiro atoms. The number of benzene rings is 1. The molecule has 0 unspecified atom stereocenters. The Labute approximate surface area is 127 Å². The molecule has 0 bridgehead atoms. The molecule has 0 heterocycles. The van der Waals surface area contributed by atoms with Crippen LogP contribution in [0.25, 0.3) is 0 Å². The fraction of sp³-hybridized carbons (Fsp3) is 0.429. The molecular formula is C14H18BrNO4. The van der Waals surface area contributed by atoms with Gasteiger partial charge in [0.15, 0.2) is 0 Å². The van der Waals surface area contributed by atoms with Gasteiger partial charge in [-0.05, 0) is 25.1 Å². The van der Waals surface area contributed by atoms with E-state index in [0.29, 0.717) is 24.4 Å². The lowest BCUT2D eigenvalue weighted by atomic mass is 10.1. The maximum absolute atomic E-state index is 12.4. The van der Waals surface area contributed by atoms with Gasteiger partial charge < -0.3 is 14.4 Å². The van der Waals surface area contributed by atoms with Crippen LogP contribution in [-0.4, -0.2) is 44.1 Å². The van der Waals surface area contributed by atoms with Crippen LogP contribution >= 0.6 is 15.9 Å². The Bertz CT molecular complexity index is 490. The van der Waals surface area contributed by atoms with Gasteiger partial charge in [0.1, 0.15) is 5.75 Å². The van der Waals surface area contributed by atoms with Gasteiger partial charge in [-0.25, -0.2) is 0 Å². The van der Waals surface area contributed by atoms with Gasteiger partial charge >= 0.3 is 5.97 Å². The highest BCUT2D eigenvalue weighted by Crippen LogP contribution is 2.24. The third kappa shape index (κ3) is 4.23. The molecule has 1 rings (SSSR count). The number of methoxy groups -OCH3 is 2. The number of hydrogen-bond acceptors (Lipinski definition) is 4. The van der Waals surface area contributed by atoms with E-state index in [1.807, 2.05) is 6.92 Å². The fourth-order valence-electron chi connectivity index (χ4n) is 1.74. The Kier molecular flexibility index (Phi) is 6.51. The Hall–Kier alpha value is -1.56. The summed E-state index contributed by atoms with van der Waals surface area (Å²) in [6, 6.07) is 5.22. The molecule has 110 valence electrons. The largest absolute Gasteiger partial charge is 0.496 e. The number of rotatable bonds is 6. The van der Waals surface area contributed by atoms with Crippen molar-refractivity contribution in [3.8, 4) is 5.75 Å². The molecule has 0 aromatic heterocycles. The van der Waals surface area contributed by atoms with Crippen LogP contribution in [0.1, 0.15) is 23.7 Å². The van der Waals surface area contributed by atoms with Crippen molar-refractivity contribution >= 4 is 27.8 Å². The molecule has 0 fully saturated rings. The number of carbonyl (C=O) groups excluding carboxylic acids is 2. The number of nitrogens with zero attached hydrogens (tertiary/aromatic N) is 1. The summed E-state index contributed by atoms with van der Waals surface area (Å²) in [7, 11) is 2.85. The Morgan fingerprint density at radius 2 is 2.00 bits per heavy atom. The first kappa shape index (κ1) is 16.5. The molecule has 1 amide bonds. The van der Waals surface area contributed by atoms with Crippen LogP contribution in [0, 0.1) is 0 Å². The van der Waals surface area contributed by atoms with Crippen molar-refractivity contribution in [2.45, 2.75) is 13.3 Å². The van der Waals surface area contributed by atoms with Crippen molar-refractivity contribution in [2.75, 3.05) is 27.3 Å². The van der Waals surface area contributed by atoms with Gasteiger partial charge in [-0.3, -0.25) is 9.59 Å². The van der Waals surface area contributed by atoms with Crippen LogP contribution in [0.5, 0.6) is 5.75 Å². The standard InChI is InChI=1S/C14H18BrNO4/c1-4-16(8-7-13(17)20-3)14(18)11-6-5-10(15)9-12(11)19-2/h5-6,9H,4,7-8H2,1-3H3. The van der Waals surface area contributed by atoms with Gasteiger partial charge in [0.05, 0.1) is 26.2 Å². The van der Waals surface area contributed by atoms with Crippen LogP contribution in [0.4, 0.5) is 0 Å². The highest BCUT2D eigenvalue weighted by Gasteiger charge is 2.19. The maximum Gasteiger partial charge on any atom is 0.307 e. The van der Waals surface area contributed by atoms with Gasteiger partial charge in [0.25, 0.3) is 5.91 Å². The number of carbonyl (C=O) groups is 2. The third-order valence-electron chi connectivity index (χ3n) is 2.88. The van der Waals surface area contributed by atoms with Gasteiger partial charge in [0.2, 0.25) is 0 Å². The smallest absolute Gasteiger partial charge is 0.307 e. The Morgan fingerprint density at radius 3 is 2.55 bits per heavy atom. The second-order valence-electron chi connectivity index (χ2n) is 4.06. The van der Waals surface area contributed by atoms with Gasteiger partial charge in [-0.15, -0.1) is 0 Å². The molecule has 0 aliphatic carbocycles. The lowest BCUT2D eigenvalue weighted by molar-refractivity contribution is -0.140. The van der Waals surface area contributed by atoms with Crippen molar-refractivity contribution < 1.29 is 19.1 Å². The summed E-state index contributed by atoms with van der Waals surface area (Å²) in [6.45, 7) is 2.69. The molecule has 0 aliphatic heterocycles. The summed E-state index contributed by atoms with van der Waals surface area (Å²) >= 11 is 3.33. The summed E-state index contributed by atoms with van der Waals surface area (Å²) in [5, 5.41) is 0. The first-order valence-electron chi connectivity index (χ1n) is 6.23. The molecule has 1 aromatic rings. The molecule has 1 aromatic carbocycles. The molecule has 0 aliphatic rings. The van der Waals surface area contributed by atoms with Gasteiger partial charge in [-0.1, -0.05) is 15.9 Å². The Balaban J connectivity index is 2.88. The van der Waals surface area contributed by atoms with E-state index in [0.717, 1.165) is 4.47 Å². The number of halogens is 1. The van der Waals surface area contributed by atoms with Crippen LogP contribution in [0.2, 0.25) is 0 Å². The zero-order chi connectivity index (χ0) is 15.1. The summed E-state index contributed by atoms with van der Waals surface area (Å²) in [5.41, 5.74) is 0.474. The molecule has 0 radical (unpaired) electrons. The number of amides is 1. The fourth-order valence-corrected chi connectivity index (χ4v) is 2.08. The van der Waals surface area contributed by atoms with Gasteiger partial charge in [-0.2, -0.15) is 0 Å². The van der Waals surface area contributed by atoms with E-state index >= 15 is 0 Å².